The number of ether oxygens (including phenoxy) is 2. The largest absolute Gasteiger partial charge is 0.379 e. The summed E-state index contributed by atoms with van der Waals surface area (Å²) in [4.78, 5) is 18.1. The molecule has 0 aliphatic carbocycles. The molecular weight excluding hydrogens is 330 g/mol. The van der Waals surface area contributed by atoms with Crippen molar-refractivity contribution >= 4 is 5.95 Å². The van der Waals surface area contributed by atoms with E-state index in [1.54, 1.807) is 6.20 Å². The van der Waals surface area contributed by atoms with Gasteiger partial charge in [-0.05, 0) is 24.6 Å². The highest BCUT2D eigenvalue weighted by atomic mass is 16.5. The molecule has 0 amide bonds. The normalized spacial score (nSPS) is 22.2. The number of rotatable bonds is 4. The second-order valence-corrected chi connectivity index (χ2v) is 6.69. The predicted octanol–water partition coefficient (Wildman–Crippen LogP) is 1.47. The predicted molar refractivity (Wildman–Crippen MR) is 99.1 cm³/mol. The Morgan fingerprint density at radius 3 is 2.85 bits per heavy atom. The van der Waals surface area contributed by atoms with Crippen LogP contribution in [0.2, 0.25) is 0 Å². The summed E-state index contributed by atoms with van der Waals surface area (Å²) in [5, 5.41) is 0. The molecule has 2 fully saturated rings. The van der Waals surface area contributed by atoms with E-state index in [2.05, 4.69) is 19.8 Å². The molecule has 2 aliphatic rings. The smallest absolute Gasteiger partial charge is 0.225 e. The lowest BCUT2D eigenvalue weighted by molar-refractivity contribution is -0.00511. The highest BCUT2D eigenvalue weighted by molar-refractivity contribution is 5.58. The Morgan fingerprint density at radius 2 is 2.00 bits per heavy atom. The number of aromatic nitrogens is 3. The summed E-state index contributed by atoms with van der Waals surface area (Å²) in [6.45, 7) is 7.03. The van der Waals surface area contributed by atoms with Crippen molar-refractivity contribution in [1.82, 2.24) is 19.9 Å². The number of anilines is 1. The van der Waals surface area contributed by atoms with E-state index >= 15 is 0 Å². The van der Waals surface area contributed by atoms with E-state index in [0.717, 1.165) is 76.2 Å². The number of hydrogen-bond acceptors (Lipinski definition) is 7. The van der Waals surface area contributed by atoms with Crippen molar-refractivity contribution in [2.75, 3.05) is 57.4 Å². The van der Waals surface area contributed by atoms with Gasteiger partial charge in [-0.3, -0.25) is 9.88 Å². The van der Waals surface area contributed by atoms with Gasteiger partial charge in [-0.2, -0.15) is 0 Å². The SMILES string of the molecule is c1cncc(-c2ccnc(N3CCCO[C@@H](CN4CCOCC4)C3)n2)c1. The van der Waals surface area contributed by atoms with Crippen molar-refractivity contribution in [1.29, 1.82) is 0 Å². The fourth-order valence-corrected chi connectivity index (χ4v) is 3.43. The van der Waals surface area contributed by atoms with E-state index in [1.807, 2.05) is 30.6 Å². The summed E-state index contributed by atoms with van der Waals surface area (Å²) in [5.74, 6) is 0.767. The van der Waals surface area contributed by atoms with E-state index in [-0.39, 0.29) is 6.10 Å². The first-order valence-electron chi connectivity index (χ1n) is 9.28. The molecule has 0 radical (unpaired) electrons. The second-order valence-electron chi connectivity index (χ2n) is 6.69. The molecular formula is C19H25N5O2. The average molecular weight is 355 g/mol. The zero-order valence-electron chi connectivity index (χ0n) is 15.0. The molecule has 2 aromatic rings. The molecule has 2 aromatic heterocycles. The Labute approximate surface area is 154 Å². The summed E-state index contributed by atoms with van der Waals surface area (Å²) in [7, 11) is 0. The molecule has 0 saturated carbocycles. The minimum absolute atomic E-state index is 0.168. The fourth-order valence-electron chi connectivity index (χ4n) is 3.43. The first-order valence-corrected chi connectivity index (χ1v) is 9.28. The minimum atomic E-state index is 0.168. The van der Waals surface area contributed by atoms with Crippen molar-refractivity contribution in [3.05, 3.63) is 36.8 Å². The molecule has 0 unspecified atom stereocenters. The quantitative estimate of drug-likeness (QED) is 0.823. The molecule has 0 bridgehead atoms. The zero-order chi connectivity index (χ0) is 17.6. The average Bonchev–Trinajstić information content (AvgIpc) is 2.95. The van der Waals surface area contributed by atoms with Crippen molar-refractivity contribution < 1.29 is 9.47 Å². The van der Waals surface area contributed by atoms with Crippen LogP contribution in [-0.2, 0) is 9.47 Å². The highest BCUT2D eigenvalue weighted by Gasteiger charge is 2.24. The van der Waals surface area contributed by atoms with Gasteiger partial charge in [0.05, 0.1) is 25.0 Å². The molecule has 2 aliphatic heterocycles. The van der Waals surface area contributed by atoms with Gasteiger partial charge >= 0.3 is 0 Å². The maximum atomic E-state index is 6.08. The maximum Gasteiger partial charge on any atom is 0.225 e. The maximum absolute atomic E-state index is 6.08. The Bertz CT molecular complexity index is 693. The van der Waals surface area contributed by atoms with Crippen LogP contribution >= 0.6 is 0 Å². The minimum Gasteiger partial charge on any atom is -0.379 e. The van der Waals surface area contributed by atoms with Crippen LogP contribution in [-0.4, -0.2) is 78.5 Å². The zero-order valence-corrected chi connectivity index (χ0v) is 15.0. The first-order chi connectivity index (χ1) is 12.9. The molecule has 4 heterocycles. The Balaban J connectivity index is 1.47. The van der Waals surface area contributed by atoms with E-state index in [1.165, 1.54) is 0 Å². The molecule has 7 heteroatoms. The van der Waals surface area contributed by atoms with Gasteiger partial charge in [-0.15, -0.1) is 0 Å². The Hall–Kier alpha value is -2.09. The van der Waals surface area contributed by atoms with Crippen molar-refractivity contribution in [2.24, 2.45) is 0 Å². The summed E-state index contributed by atoms with van der Waals surface area (Å²) in [6, 6.07) is 5.88. The lowest BCUT2D eigenvalue weighted by Crippen LogP contribution is -2.45. The van der Waals surface area contributed by atoms with Gasteiger partial charge in [0, 0.05) is 63.5 Å². The molecule has 0 aromatic carbocycles. The molecule has 138 valence electrons. The second kappa shape index (κ2) is 8.53. The van der Waals surface area contributed by atoms with Gasteiger partial charge in [0.15, 0.2) is 0 Å². The number of nitrogens with zero attached hydrogens (tertiary/aromatic N) is 5. The lowest BCUT2D eigenvalue weighted by atomic mass is 10.2. The van der Waals surface area contributed by atoms with Crippen LogP contribution in [0.25, 0.3) is 11.3 Å². The van der Waals surface area contributed by atoms with E-state index in [9.17, 15) is 0 Å². The van der Waals surface area contributed by atoms with Gasteiger partial charge in [0.25, 0.3) is 0 Å². The fraction of sp³-hybridized carbons (Fsp3) is 0.526. The van der Waals surface area contributed by atoms with Crippen LogP contribution in [0.5, 0.6) is 0 Å². The van der Waals surface area contributed by atoms with Crippen LogP contribution in [0, 0.1) is 0 Å². The summed E-state index contributed by atoms with van der Waals surface area (Å²) < 4.78 is 11.5. The standard InChI is InChI=1S/C19H25N5O2/c1-3-16(13-20-5-1)18-4-6-21-19(22-18)24-7-2-10-26-17(15-24)14-23-8-11-25-12-9-23/h1,3-6,13,17H,2,7-12,14-15H2/t17-/m0/s1. The van der Waals surface area contributed by atoms with E-state index in [0.29, 0.717) is 0 Å². The Kier molecular flexibility index (Phi) is 5.68. The number of hydrogen-bond donors (Lipinski definition) is 0. The van der Waals surface area contributed by atoms with Crippen molar-refractivity contribution in [2.45, 2.75) is 12.5 Å². The van der Waals surface area contributed by atoms with Crippen LogP contribution in [0.15, 0.2) is 36.8 Å². The third-order valence-electron chi connectivity index (χ3n) is 4.80. The number of pyridine rings is 1. The molecule has 0 spiro atoms. The van der Waals surface area contributed by atoms with Crippen LogP contribution in [0.4, 0.5) is 5.95 Å². The highest BCUT2D eigenvalue weighted by Crippen LogP contribution is 2.19. The third kappa shape index (κ3) is 4.35. The van der Waals surface area contributed by atoms with Crippen molar-refractivity contribution in [3.63, 3.8) is 0 Å². The molecule has 4 rings (SSSR count). The van der Waals surface area contributed by atoms with Crippen LogP contribution < -0.4 is 4.90 Å². The monoisotopic (exact) mass is 355 g/mol. The molecule has 7 nitrogen and oxygen atoms in total. The van der Waals surface area contributed by atoms with Gasteiger partial charge in [-0.1, -0.05) is 0 Å². The summed E-state index contributed by atoms with van der Waals surface area (Å²) >= 11 is 0. The van der Waals surface area contributed by atoms with Gasteiger partial charge in [0.1, 0.15) is 0 Å². The first kappa shape index (κ1) is 17.3. The molecule has 1 atom stereocenters. The van der Waals surface area contributed by atoms with Crippen LogP contribution in [0.3, 0.4) is 0 Å². The van der Waals surface area contributed by atoms with Crippen molar-refractivity contribution in [3.8, 4) is 11.3 Å². The topological polar surface area (TPSA) is 63.6 Å². The summed E-state index contributed by atoms with van der Waals surface area (Å²) in [5.41, 5.74) is 1.91. The lowest BCUT2D eigenvalue weighted by Gasteiger charge is -2.31. The van der Waals surface area contributed by atoms with Gasteiger partial charge < -0.3 is 14.4 Å². The van der Waals surface area contributed by atoms with Gasteiger partial charge in [0.2, 0.25) is 5.95 Å². The van der Waals surface area contributed by atoms with E-state index < -0.39 is 0 Å². The molecule has 26 heavy (non-hydrogen) atoms. The van der Waals surface area contributed by atoms with Crippen LogP contribution in [0.1, 0.15) is 6.42 Å². The molecule has 0 N–H and O–H groups in total. The number of morpholine rings is 1. The molecule has 2 saturated heterocycles. The summed E-state index contributed by atoms with van der Waals surface area (Å²) in [6.07, 6.45) is 6.58. The van der Waals surface area contributed by atoms with E-state index in [4.69, 9.17) is 14.5 Å². The Morgan fingerprint density at radius 1 is 1.08 bits per heavy atom. The van der Waals surface area contributed by atoms with Gasteiger partial charge in [-0.25, -0.2) is 9.97 Å². The third-order valence-corrected chi connectivity index (χ3v) is 4.80.